The van der Waals surface area contributed by atoms with Crippen molar-refractivity contribution in [3.05, 3.63) is 35.6 Å². The van der Waals surface area contributed by atoms with Gasteiger partial charge in [0.05, 0.1) is 0 Å². The fourth-order valence-corrected chi connectivity index (χ4v) is 1.37. The van der Waals surface area contributed by atoms with Crippen LogP contribution in [0.4, 0.5) is 4.39 Å². The second-order valence-electron chi connectivity index (χ2n) is 3.41. The van der Waals surface area contributed by atoms with Crippen LogP contribution in [0.5, 0.6) is 0 Å². The van der Waals surface area contributed by atoms with Gasteiger partial charge in [-0.3, -0.25) is 0 Å². The Labute approximate surface area is 78.8 Å². The molecule has 2 unspecified atom stereocenters. The molecule has 2 heteroatoms. The van der Waals surface area contributed by atoms with Gasteiger partial charge in [0.25, 0.3) is 0 Å². The maximum Gasteiger partial charge on any atom is 0.123 e. The lowest BCUT2D eigenvalue weighted by atomic mass is 9.92. The normalized spacial score (nSPS) is 15.4. The summed E-state index contributed by atoms with van der Waals surface area (Å²) < 4.78 is 12.6. The summed E-state index contributed by atoms with van der Waals surface area (Å²) in [4.78, 5) is 0. The molecule has 0 aromatic heterocycles. The molecule has 1 nitrogen and oxygen atoms in total. The summed E-state index contributed by atoms with van der Waals surface area (Å²) in [6.07, 6.45) is 0.943. The van der Waals surface area contributed by atoms with Gasteiger partial charge in [0.15, 0.2) is 0 Å². The van der Waals surface area contributed by atoms with Gasteiger partial charge < -0.3 is 5.73 Å². The monoisotopic (exact) mass is 181 g/mol. The van der Waals surface area contributed by atoms with E-state index in [-0.39, 0.29) is 11.9 Å². The first-order valence-electron chi connectivity index (χ1n) is 4.66. The van der Waals surface area contributed by atoms with Gasteiger partial charge >= 0.3 is 0 Å². The Bertz CT molecular complexity index is 255. The molecule has 0 heterocycles. The Morgan fingerprint density at radius 2 is 1.85 bits per heavy atom. The second-order valence-corrected chi connectivity index (χ2v) is 3.41. The topological polar surface area (TPSA) is 26.0 Å². The van der Waals surface area contributed by atoms with Crippen LogP contribution in [-0.2, 0) is 0 Å². The average molecular weight is 181 g/mol. The highest BCUT2D eigenvalue weighted by Gasteiger charge is 2.12. The zero-order valence-electron chi connectivity index (χ0n) is 8.13. The SMILES string of the molecule is CCC(N)C(C)c1ccc(F)cc1. The van der Waals surface area contributed by atoms with Gasteiger partial charge in [-0.1, -0.05) is 26.0 Å². The van der Waals surface area contributed by atoms with Gasteiger partial charge in [0, 0.05) is 6.04 Å². The van der Waals surface area contributed by atoms with Crippen LogP contribution in [-0.4, -0.2) is 6.04 Å². The number of hydrogen-bond donors (Lipinski definition) is 1. The smallest absolute Gasteiger partial charge is 0.123 e. The molecule has 0 aliphatic heterocycles. The molecular formula is C11H16FN. The summed E-state index contributed by atoms with van der Waals surface area (Å²) in [5.74, 6) is 0.103. The summed E-state index contributed by atoms with van der Waals surface area (Å²) in [5.41, 5.74) is 7.00. The molecule has 0 radical (unpaired) electrons. The van der Waals surface area contributed by atoms with Crippen molar-refractivity contribution < 1.29 is 4.39 Å². The molecule has 0 saturated heterocycles. The summed E-state index contributed by atoms with van der Waals surface area (Å²) in [7, 11) is 0. The Morgan fingerprint density at radius 1 is 1.31 bits per heavy atom. The highest BCUT2D eigenvalue weighted by Crippen LogP contribution is 2.19. The van der Waals surface area contributed by atoms with Gasteiger partial charge in [-0.15, -0.1) is 0 Å². The molecule has 0 bridgehead atoms. The van der Waals surface area contributed by atoms with Crippen LogP contribution in [0, 0.1) is 5.82 Å². The standard InChI is InChI=1S/C11H16FN/c1-3-11(13)8(2)9-4-6-10(12)7-5-9/h4-8,11H,3,13H2,1-2H3. The maximum atomic E-state index is 12.6. The van der Waals surface area contributed by atoms with Crippen molar-refractivity contribution in [3.63, 3.8) is 0 Å². The first-order valence-corrected chi connectivity index (χ1v) is 4.66. The van der Waals surface area contributed by atoms with Gasteiger partial charge in [0.2, 0.25) is 0 Å². The van der Waals surface area contributed by atoms with Crippen molar-refractivity contribution in [2.75, 3.05) is 0 Å². The first-order chi connectivity index (χ1) is 6.15. The van der Waals surface area contributed by atoms with E-state index < -0.39 is 0 Å². The van der Waals surface area contributed by atoms with E-state index in [0.717, 1.165) is 12.0 Å². The van der Waals surface area contributed by atoms with Crippen LogP contribution in [0.25, 0.3) is 0 Å². The molecule has 0 aliphatic carbocycles. The quantitative estimate of drug-likeness (QED) is 0.762. The van der Waals surface area contributed by atoms with Gasteiger partial charge in [-0.05, 0) is 30.0 Å². The fraction of sp³-hybridized carbons (Fsp3) is 0.455. The van der Waals surface area contributed by atoms with Gasteiger partial charge in [-0.2, -0.15) is 0 Å². The predicted octanol–water partition coefficient (Wildman–Crippen LogP) is 2.67. The summed E-state index contributed by atoms with van der Waals surface area (Å²) in [5, 5.41) is 0. The minimum absolute atomic E-state index is 0.158. The van der Waals surface area contributed by atoms with Crippen molar-refractivity contribution >= 4 is 0 Å². The highest BCUT2D eigenvalue weighted by molar-refractivity contribution is 5.21. The molecular weight excluding hydrogens is 165 g/mol. The lowest BCUT2D eigenvalue weighted by molar-refractivity contribution is 0.549. The zero-order valence-corrected chi connectivity index (χ0v) is 8.13. The summed E-state index contributed by atoms with van der Waals surface area (Å²) in [6, 6.07) is 6.72. The molecule has 2 N–H and O–H groups in total. The third kappa shape index (κ3) is 2.52. The number of hydrogen-bond acceptors (Lipinski definition) is 1. The number of rotatable bonds is 3. The van der Waals surface area contributed by atoms with Gasteiger partial charge in [0.1, 0.15) is 5.82 Å². The van der Waals surface area contributed by atoms with Crippen molar-refractivity contribution in [3.8, 4) is 0 Å². The fourth-order valence-electron chi connectivity index (χ4n) is 1.37. The van der Waals surface area contributed by atoms with E-state index in [1.807, 2.05) is 0 Å². The summed E-state index contributed by atoms with van der Waals surface area (Å²) in [6.45, 7) is 4.13. The Hall–Kier alpha value is -0.890. The number of benzene rings is 1. The maximum absolute atomic E-state index is 12.6. The molecule has 0 spiro atoms. The first kappa shape index (κ1) is 10.2. The molecule has 0 amide bonds. The third-order valence-corrected chi connectivity index (χ3v) is 2.51. The van der Waals surface area contributed by atoms with E-state index in [2.05, 4.69) is 13.8 Å². The predicted molar refractivity (Wildman–Crippen MR) is 53.1 cm³/mol. The molecule has 1 aromatic rings. The van der Waals surface area contributed by atoms with E-state index in [9.17, 15) is 4.39 Å². The lowest BCUT2D eigenvalue weighted by Gasteiger charge is -2.18. The molecule has 0 aliphatic rings. The van der Waals surface area contributed by atoms with Crippen LogP contribution < -0.4 is 5.73 Å². The van der Waals surface area contributed by atoms with E-state index in [4.69, 9.17) is 5.73 Å². The van der Waals surface area contributed by atoms with Crippen LogP contribution in [0.3, 0.4) is 0 Å². The second kappa shape index (κ2) is 4.38. The minimum Gasteiger partial charge on any atom is -0.327 e. The Morgan fingerprint density at radius 3 is 2.31 bits per heavy atom. The van der Waals surface area contributed by atoms with E-state index in [0.29, 0.717) is 5.92 Å². The molecule has 0 fully saturated rings. The van der Waals surface area contributed by atoms with Crippen LogP contribution >= 0.6 is 0 Å². The largest absolute Gasteiger partial charge is 0.327 e. The van der Waals surface area contributed by atoms with Crippen LogP contribution in [0.15, 0.2) is 24.3 Å². The molecule has 1 rings (SSSR count). The molecule has 1 aromatic carbocycles. The van der Waals surface area contributed by atoms with E-state index in [1.165, 1.54) is 12.1 Å². The number of nitrogens with two attached hydrogens (primary N) is 1. The van der Waals surface area contributed by atoms with E-state index >= 15 is 0 Å². The van der Waals surface area contributed by atoms with Crippen molar-refractivity contribution in [1.82, 2.24) is 0 Å². The van der Waals surface area contributed by atoms with Crippen LogP contribution in [0.2, 0.25) is 0 Å². The number of halogens is 1. The highest BCUT2D eigenvalue weighted by atomic mass is 19.1. The molecule has 72 valence electrons. The van der Waals surface area contributed by atoms with E-state index in [1.54, 1.807) is 12.1 Å². The zero-order chi connectivity index (χ0) is 9.84. The van der Waals surface area contributed by atoms with Crippen molar-refractivity contribution in [2.45, 2.75) is 32.2 Å². The average Bonchev–Trinajstić information content (AvgIpc) is 2.17. The molecule has 13 heavy (non-hydrogen) atoms. The van der Waals surface area contributed by atoms with Crippen molar-refractivity contribution in [2.24, 2.45) is 5.73 Å². The van der Waals surface area contributed by atoms with Gasteiger partial charge in [-0.25, -0.2) is 4.39 Å². The Kier molecular flexibility index (Phi) is 3.43. The lowest BCUT2D eigenvalue weighted by Crippen LogP contribution is -2.25. The van der Waals surface area contributed by atoms with Crippen molar-refractivity contribution in [1.29, 1.82) is 0 Å². The Balaban J connectivity index is 2.77. The third-order valence-electron chi connectivity index (χ3n) is 2.51. The molecule has 2 atom stereocenters. The minimum atomic E-state index is -0.194. The van der Waals surface area contributed by atoms with Crippen LogP contribution in [0.1, 0.15) is 31.7 Å². The summed E-state index contributed by atoms with van der Waals surface area (Å²) >= 11 is 0. The molecule has 0 saturated carbocycles.